The number of rotatable bonds is 6. The van der Waals surface area contributed by atoms with Crippen molar-refractivity contribution in [1.29, 1.82) is 0 Å². The molecule has 0 saturated carbocycles. The lowest BCUT2D eigenvalue weighted by molar-refractivity contribution is -0.120. The lowest BCUT2D eigenvalue weighted by atomic mass is 9.99. The molecule has 3 rings (SSSR count). The second-order valence-electron chi connectivity index (χ2n) is 7.52. The van der Waals surface area contributed by atoms with Crippen LogP contribution in [-0.4, -0.2) is 56.1 Å². The summed E-state index contributed by atoms with van der Waals surface area (Å²) in [4.78, 5) is 31.5. The topological polar surface area (TPSA) is 64.1 Å². The molecule has 6 heteroatoms. The fraction of sp³-hybridized carbons (Fsp3) is 0.304. The van der Waals surface area contributed by atoms with Crippen molar-refractivity contribution >= 4 is 28.8 Å². The van der Waals surface area contributed by atoms with Crippen molar-refractivity contribution in [2.45, 2.75) is 13.8 Å². The van der Waals surface area contributed by atoms with Crippen molar-refractivity contribution in [2.24, 2.45) is 0 Å². The molecule has 1 aliphatic heterocycles. The van der Waals surface area contributed by atoms with Crippen LogP contribution in [0.3, 0.4) is 0 Å². The van der Waals surface area contributed by atoms with Gasteiger partial charge in [-0.25, -0.2) is 4.90 Å². The number of imide groups is 1. The third-order valence-corrected chi connectivity index (χ3v) is 5.30. The summed E-state index contributed by atoms with van der Waals surface area (Å²) in [6, 6.07) is 13.1. The van der Waals surface area contributed by atoms with Crippen molar-refractivity contribution < 1.29 is 14.7 Å². The molecule has 1 N–H and O–H groups in total. The monoisotopic (exact) mass is 393 g/mol. The van der Waals surface area contributed by atoms with E-state index in [9.17, 15) is 14.7 Å². The van der Waals surface area contributed by atoms with Crippen LogP contribution in [0.2, 0.25) is 0 Å². The molecule has 0 aromatic heterocycles. The largest absolute Gasteiger partial charge is 0.395 e. The molecule has 0 atom stereocenters. The first-order valence-corrected chi connectivity index (χ1v) is 9.56. The Kier molecular flexibility index (Phi) is 5.75. The molecule has 2 aromatic carbocycles. The average Bonchev–Trinajstić information content (AvgIpc) is 2.94. The quantitative estimate of drug-likeness (QED) is 0.765. The first-order chi connectivity index (χ1) is 13.8. The lowest BCUT2D eigenvalue weighted by Crippen LogP contribution is -2.34. The summed E-state index contributed by atoms with van der Waals surface area (Å²) < 4.78 is 0. The molecule has 0 radical (unpaired) electrons. The van der Waals surface area contributed by atoms with Crippen molar-refractivity contribution in [3.05, 3.63) is 64.9 Å². The van der Waals surface area contributed by atoms with Gasteiger partial charge in [-0.3, -0.25) is 9.59 Å². The Bertz CT molecular complexity index is 977. The molecule has 1 aliphatic rings. The van der Waals surface area contributed by atoms with Gasteiger partial charge in [0.15, 0.2) is 0 Å². The zero-order valence-electron chi connectivity index (χ0n) is 17.6. The van der Waals surface area contributed by atoms with Crippen LogP contribution < -0.4 is 9.80 Å². The highest BCUT2D eigenvalue weighted by Crippen LogP contribution is 2.35. The number of amides is 2. The summed E-state index contributed by atoms with van der Waals surface area (Å²) in [5, 5.41) is 9.37. The van der Waals surface area contributed by atoms with E-state index in [0.717, 1.165) is 16.8 Å². The van der Waals surface area contributed by atoms with E-state index in [2.05, 4.69) is 0 Å². The molecule has 0 spiro atoms. The third kappa shape index (κ3) is 3.76. The summed E-state index contributed by atoms with van der Waals surface area (Å²) in [5.41, 5.74) is 5.06. The van der Waals surface area contributed by atoms with E-state index in [1.807, 2.05) is 63.2 Å². The van der Waals surface area contributed by atoms with E-state index in [4.69, 9.17) is 0 Å². The maximum Gasteiger partial charge on any atom is 0.282 e. The highest BCUT2D eigenvalue weighted by Gasteiger charge is 2.41. The number of benzene rings is 2. The van der Waals surface area contributed by atoms with Gasteiger partial charge in [-0.2, -0.15) is 0 Å². The predicted molar refractivity (Wildman–Crippen MR) is 116 cm³/mol. The van der Waals surface area contributed by atoms with Crippen LogP contribution in [0, 0.1) is 13.8 Å². The zero-order valence-corrected chi connectivity index (χ0v) is 17.6. The molecule has 0 unspecified atom stereocenters. The van der Waals surface area contributed by atoms with Crippen LogP contribution in [0.1, 0.15) is 16.7 Å². The zero-order chi connectivity index (χ0) is 21.3. The first-order valence-electron chi connectivity index (χ1n) is 9.56. The maximum atomic E-state index is 13.4. The number of aryl methyl sites for hydroxylation is 2. The van der Waals surface area contributed by atoms with Gasteiger partial charge in [0, 0.05) is 33.4 Å². The van der Waals surface area contributed by atoms with Crippen LogP contribution in [-0.2, 0) is 9.59 Å². The first kappa shape index (κ1) is 20.6. The standard InChI is InChI=1S/C23H27N3O3/c1-15-6-7-17(14-16(15)2)20-21(25(5)12-13-27)23(29)26(22(20)28)19-10-8-18(9-11-19)24(3)4/h6-11,14,27H,12-13H2,1-5H3. The van der Waals surface area contributed by atoms with Gasteiger partial charge in [0.2, 0.25) is 0 Å². The molecular formula is C23H27N3O3. The van der Waals surface area contributed by atoms with Crippen molar-refractivity contribution in [2.75, 3.05) is 44.1 Å². The van der Waals surface area contributed by atoms with Crippen molar-refractivity contribution in [3.8, 4) is 0 Å². The SMILES string of the molecule is Cc1ccc(C2=C(N(C)CCO)C(=O)N(c3ccc(N(C)C)cc3)C2=O)cc1C. The second-order valence-corrected chi connectivity index (χ2v) is 7.52. The third-order valence-electron chi connectivity index (χ3n) is 5.30. The number of carbonyl (C=O) groups is 2. The molecule has 0 aliphatic carbocycles. The molecule has 152 valence electrons. The van der Waals surface area contributed by atoms with Crippen LogP contribution >= 0.6 is 0 Å². The number of likely N-dealkylation sites (N-methyl/N-ethyl adjacent to an activating group) is 1. The van der Waals surface area contributed by atoms with E-state index < -0.39 is 0 Å². The summed E-state index contributed by atoms with van der Waals surface area (Å²) >= 11 is 0. The van der Waals surface area contributed by atoms with Crippen LogP contribution in [0.15, 0.2) is 48.2 Å². The van der Waals surface area contributed by atoms with Crippen molar-refractivity contribution in [1.82, 2.24) is 4.90 Å². The minimum Gasteiger partial charge on any atom is -0.395 e. The number of aliphatic hydroxyl groups is 1. The van der Waals surface area contributed by atoms with E-state index >= 15 is 0 Å². The van der Waals surface area contributed by atoms with E-state index in [1.165, 1.54) is 4.90 Å². The molecular weight excluding hydrogens is 366 g/mol. The van der Waals surface area contributed by atoms with Crippen LogP contribution in [0.5, 0.6) is 0 Å². The van der Waals surface area contributed by atoms with Gasteiger partial charge in [-0.15, -0.1) is 0 Å². The van der Waals surface area contributed by atoms with E-state index in [0.29, 0.717) is 22.5 Å². The molecule has 0 bridgehead atoms. The number of carbonyl (C=O) groups excluding carboxylic acids is 2. The smallest absolute Gasteiger partial charge is 0.282 e. The Morgan fingerprint density at radius 2 is 1.55 bits per heavy atom. The van der Waals surface area contributed by atoms with Crippen molar-refractivity contribution in [3.63, 3.8) is 0 Å². The Morgan fingerprint density at radius 3 is 2.10 bits per heavy atom. The highest BCUT2D eigenvalue weighted by atomic mass is 16.3. The fourth-order valence-corrected chi connectivity index (χ4v) is 3.43. The van der Waals surface area contributed by atoms with Gasteiger partial charge >= 0.3 is 0 Å². The van der Waals surface area contributed by atoms with Gasteiger partial charge in [0.1, 0.15) is 5.70 Å². The molecule has 0 saturated heterocycles. The summed E-state index contributed by atoms with van der Waals surface area (Å²) in [6.07, 6.45) is 0. The summed E-state index contributed by atoms with van der Waals surface area (Å²) in [6.45, 7) is 4.14. The normalized spacial score (nSPS) is 14.1. The van der Waals surface area contributed by atoms with E-state index in [1.54, 1.807) is 24.1 Å². The Hall–Kier alpha value is -3.12. The Labute approximate surface area is 171 Å². The minimum absolute atomic E-state index is 0.112. The maximum absolute atomic E-state index is 13.4. The fourth-order valence-electron chi connectivity index (χ4n) is 3.43. The summed E-state index contributed by atoms with van der Waals surface area (Å²) in [7, 11) is 5.58. The predicted octanol–water partition coefficient (Wildman–Crippen LogP) is 2.58. The Balaban J connectivity index is 2.10. The number of hydrogen-bond acceptors (Lipinski definition) is 5. The van der Waals surface area contributed by atoms with Gasteiger partial charge < -0.3 is 14.9 Å². The molecule has 1 heterocycles. The lowest BCUT2D eigenvalue weighted by Gasteiger charge is -2.21. The second kappa shape index (κ2) is 8.09. The minimum atomic E-state index is -0.378. The number of aliphatic hydroxyl groups excluding tert-OH is 1. The Morgan fingerprint density at radius 1 is 0.897 bits per heavy atom. The van der Waals surface area contributed by atoms with Gasteiger partial charge in [0.05, 0.1) is 17.9 Å². The molecule has 2 aromatic rings. The molecule has 0 fully saturated rings. The average molecular weight is 393 g/mol. The van der Waals surface area contributed by atoms with Gasteiger partial charge in [-0.1, -0.05) is 18.2 Å². The van der Waals surface area contributed by atoms with E-state index in [-0.39, 0.29) is 25.0 Å². The van der Waals surface area contributed by atoms with Gasteiger partial charge in [-0.05, 0) is 54.8 Å². The van der Waals surface area contributed by atoms with Crippen LogP contribution in [0.4, 0.5) is 11.4 Å². The number of anilines is 2. The highest BCUT2D eigenvalue weighted by molar-refractivity contribution is 6.45. The molecule has 29 heavy (non-hydrogen) atoms. The number of nitrogens with zero attached hydrogens (tertiary/aromatic N) is 3. The van der Waals surface area contributed by atoms with Crippen LogP contribution in [0.25, 0.3) is 5.57 Å². The van der Waals surface area contributed by atoms with Gasteiger partial charge in [0.25, 0.3) is 11.8 Å². The molecule has 6 nitrogen and oxygen atoms in total. The molecule has 2 amide bonds. The number of hydrogen-bond donors (Lipinski definition) is 1. The summed E-state index contributed by atoms with van der Waals surface area (Å²) in [5.74, 6) is -0.729.